The number of carbonyl (C=O) groups excluding carboxylic acids is 2. The first-order valence-electron chi connectivity index (χ1n) is 8.05. The van der Waals surface area contributed by atoms with Crippen LogP contribution in [0, 0.1) is 0 Å². The van der Waals surface area contributed by atoms with Crippen molar-refractivity contribution >= 4 is 23.4 Å². The minimum absolute atomic E-state index is 0.139. The van der Waals surface area contributed by atoms with Crippen molar-refractivity contribution in [3.8, 4) is 0 Å². The zero-order valence-corrected chi connectivity index (χ0v) is 14.8. The number of aromatic nitrogens is 1. The molecule has 0 aliphatic carbocycles. The SMILES string of the molecule is O=C(NCCO)c1ccc(C(=O)NCCOCc2ccc(Cl)cc2)nc1. The number of nitrogens with one attached hydrogen (secondary N) is 2. The maximum Gasteiger partial charge on any atom is 0.269 e. The second kappa shape index (κ2) is 10.5. The van der Waals surface area contributed by atoms with E-state index in [-0.39, 0.29) is 30.7 Å². The molecule has 0 bridgehead atoms. The molecule has 8 heteroatoms. The van der Waals surface area contributed by atoms with Gasteiger partial charge < -0.3 is 20.5 Å². The lowest BCUT2D eigenvalue weighted by atomic mass is 10.2. The van der Waals surface area contributed by atoms with Gasteiger partial charge in [0, 0.05) is 24.3 Å². The monoisotopic (exact) mass is 377 g/mol. The smallest absolute Gasteiger partial charge is 0.269 e. The Bertz CT molecular complexity index is 720. The van der Waals surface area contributed by atoms with Gasteiger partial charge in [0.1, 0.15) is 5.69 Å². The standard InChI is InChI=1S/C18H20ClN3O4/c19-15-4-1-13(2-5-15)12-26-10-8-21-18(25)16-6-3-14(11-22-16)17(24)20-7-9-23/h1-6,11,23H,7-10,12H2,(H,20,24)(H,21,25). The lowest BCUT2D eigenvalue weighted by Gasteiger charge is -2.07. The quantitative estimate of drug-likeness (QED) is 0.573. The highest BCUT2D eigenvalue weighted by atomic mass is 35.5. The number of aliphatic hydroxyl groups excluding tert-OH is 1. The third-order valence-electron chi connectivity index (χ3n) is 3.37. The maximum absolute atomic E-state index is 12.0. The van der Waals surface area contributed by atoms with Crippen LogP contribution in [0.3, 0.4) is 0 Å². The van der Waals surface area contributed by atoms with E-state index in [1.54, 1.807) is 12.1 Å². The summed E-state index contributed by atoms with van der Waals surface area (Å²) in [6.45, 7) is 1.16. The van der Waals surface area contributed by atoms with E-state index < -0.39 is 0 Å². The molecule has 1 aromatic heterocycles. The summed E-state index contributed by atoms with van der Waals surface area (Å²) < 4.78 is 5.48. The van der Waals surface area contributed by atoms with Crippen LogP contribution in [0.4, 0.5) is 0 Å². The van der Waals surface area contributed by atoms with Gasteiger partial charge in [-0.3, -0.25) is 14.6 Å². The van der Waals surface area contributed by atoms with E-state index in [1.165, 1.54) is 18.3 Å². The lowest BCUT2D eigenvalue weighted by Crippen LogP contribution is -2.29. The van der Waals surface area contributed by atoms with Crippen molar-refractivity contribution < 1.29 is 19.4 Å². The molecular weight excluding hydrogens is 358 g/mol. The number of nitrogens with zero attached hydrogens (tertiary/aromatic N) is 1. The highest BCUT2D eigenvalue weighted by Gasteiger charge is 2.09. The van der Waals surface area contributed by atoms with E-state index in [0.29, 0.717) is 30.3 Å². The van der Waals surface area contributed by atoms with Crippen molar-refractivity contribution in [1.82, 2.24) is 15.6 Å². The van der Waals surface area contributed by atoms with Gasteiger partial charge in [0.15, 0.2) is 0 Å². The van der Waals surface area contributed by atoms with Crippen LogP contribution in [0.15, 0.2) is 42.6 Å². The van der Waals surface area contributed by atoms with Gasteiger partial charge in [-0.1, -0.05) is 23.7 Å². The van der Waals surface area contributed by atoms with Crippen LogP contribution in [-0.2, 0) is 11.3 Å². The number of aliphatic hydroxyl groups is 1. The molecule has 0 spiro atoms. The topological polar surface area (TPSA) is 101 Å². The number of carbonyl (C=O) groups is 2. The van der Waals surface area contributed by atoms with Gasteiger partial charge in [-0.25, -0.2) is 0 Å². The largest absolute Gasteiger partial charge is 0.395 e. The Hall–Kier alpha value is -2.48. The Balaban J connectivity index is 1.70. The van der Waals surface area contributed by atoms with Gasteiger partial charge in [0.2, 0.25) is 0 Å². The van der Waals surface area contributed by atoms with E-state index >= 15 is 0 Å². The van der Waals surface area contributed by atoms with E-state index in [1.807, 2.05) is 12.1 Å². The van der Waals surface area contributed by atoms with Crippen LogP contribution in [-0.4, -0.2) is 48.2 Å². The molecule has 2 amide bonds. The summed E-state index contributed by atoms with van der Waals surface area (Å²) in [5.41, 5.74) is 1.53. The van der Waals surface area contributed by atoms with Crippen LogP contribution in [0.1, 0.15) is 26.4 Å². The van der Waals surface area contributed by atoms with E-state index in [0.717, 1.165) is 5.56 Å². The third-order valence-corrected chi connectivity index (χ3v) is 3.62. The fourth-order valence-electron chi connectivity index (χ4n) is 2.03. The zero-order chi connectivity index (χ0) is 18.8. The molecule has 0 unspecified atom stereocenters. The van der Waals surface area contributed by atoms with E-state index in [4.69, 9.17) is 21.4 Å². The summed E-state index contributed by atoms with van der Waals surface area (Å²) in [5, 5.41) is 14.6. The van der Waals surface area contributed by atoms with Crippen LogP contribution < -0.4 is 10.6 Å². The van der Waals surface area contributed by atoms with E-state index in [2.05, 4.69) is 15.6 Å². The summed E-state index contributed by atoms with van der Waals surface area (Å²) in [4.78, 5) is 27.6. The molecule has 138 valence electrons. The van der Waals surface area contributed by atoms with Crippen LogP contribution in [0.25, 0.3) is 0 Å². The van der Waals surface area contributed by atoms with Crippen molar-refractivity contribution in [2.45, 2.75) is 6.61 Å². The molecule has 26 heavy (non-hydrogen) atoms. The minimum Gasteiger partial charge on any atom is -0.395 e. The fraction of sp³-hybridized carbons (Fsp3) is 0.278. The Morgan fingerprint density at radius 3 is 2.42 bits per heavy atom. The summed E-state index contributed by atoms with van der Waals surface area (Å²) in [6, 6.07) is 10.3. The van der Waals surface area contributed by atoms with Gasteiger partial charge >= 0.3 is 0 Å². The molecule has 0 saturated carbocycles. The first kappa shape index (κ1) is 19.8. The Labute approximate surface area is 156 Å². The predicted molar refractivity (Wildman–Crippen MR) is 97.1 cm³/mol. The van der Waals surface area contributed by atoms with Crippen molar-refractivity contribution in [2.24, 2.45) is 0 Å². The van der Waals surface area contributed by atoms with E-state index in [9.17, 15) is 9.59 Å². The van der Waals surface area contributed by atoms with Gasteiger partial charge in [-0.05, 0) is 29.8 Å². The van der Waals surface area contributed by atoms with Crippen molar-refractivity contribution in [2.75, 3.05) is 26.3 Å². The van der Waals surface area contributed by atoms with Gasteiger partial charge in [0.05, 0.1) is 25.4 Å². The molecule has 0 atom stereocenters. The van der Waals surface area contributed by atoms with Crippen LogP contribution in [0.5, 0.6) is 0 Å². The maximum atomic E-state index is 12.0. The number of hydrogen-bond acceptors (Lipinski definition) is 5. The Kier molecular flexibility index (Phi) is 8.01. The van der Waals surface area contributed by atoms with Crippen molar-refractivity contribution in [1.29, 1.82) is 0 Å². The Morgan fingerprint density at radius 1 is 1.04 bits per heavy atom. The van der Waals surface area contributed by atoms with Crippen LogP contribution in [0.2, 0.25) is 5.02 Å². The fourth-order valence-corrected chi connectivity index (χ4v) is 2.16. The number of benzene rings is 1. The normalized spacial score (nSPS) is 10.4. The molecule has 0 fully saturated rings. The van der Waals surface area contributed by atoms with Crippen molar-refractivity contribution in [3.05, 3.63) is 64.4 Å². The van der Waals surface area contributed by atoms with Crippen molar-refractivity contribution in [3.63, 3.8) is 0 Å². The molecule has 3 N–H and O–H groups in total. The number of pyridine rings is 1. The van der Waals surface area contributed by atoms with Gasteiger partial charge in [-0.15, -0.1) is 0 Å². The summed E-state index contributed by atoms with van der Waals surface area (Å²) in [7, 11) is 0. The number of ether oxygens (including phenoxy) is 1. The molecule has 0 saturated heterocycles. The molecule has 7 nitrogen and oxygen atoms in total. The van der Waals surface area contributed by atoms with Gasteiger partial charge in [-0.2, -0.15) is 0 Å². The molecule has 2 aromatic rings. The van der Waals surface area contributed by atoms with Crippen LogP contribution >= 0.6 is 11.6 Å². The molecular formula is C18H20ClN3O4. The third kappa shape index (κ3) is 6.44. The second-order valence-corrected chi connectivity index (χ2v) is 5.78. The summed E-state index contributed by atoms with van der Waals surface area (Å²) >= 11 is 5.81. The summed E-state index contributed by atoms with van der Waals surface area (Å²) in [6.07, 6.45) is 1.32. The summed E-state index contributed by atoms with van der Waals surface area (Å²) in [5.74, 6) is -0.698. The molecule has 0 aliphatic heterocycles. The Morgan fingerprint density at radius 2 is 1.77 bits per heavy atom. The molecule has 0 aliphatic rings. The molecule has 1 heterocycles. The average Bonchev–Trinajstić information content (AvgIpc) is 2.67. The zero-order valence-electron chi connectivity index (χ0n) is 14.1. The highest BCUT2D eigenvalue weighted by molar-refractivity contribution is 6.30. The molecule has 1 aromatic carbocycles. The molecule has 2 rings (SSSR count). The number of rotatable bonds is 9. The number of hydrogen-bond donors (Lipinski definition) is 3. The van der Waals surface area contributed by atoms with Gasteiger partial charge in [0.25, 0.3) is 11.8 Å². The predicted octanol–water partition coefficient (Wildman–Crippen LogP) is 1.40. The lowest BCUT2D eigenvalue weighted by molar-refractivity contribution is 0.0894. The second-order valence-electron chi connectivity index (χ2n) is 5.35. The minimum atomic E-state index is -0.353. The first-order valence-corrected chi connectivity index (χ1v) is 8.43. The average molecular weight is 378 g/mol. The highest BCUT2D eigenvalue weighted by Crippen LogP contribution is 2.10. The number of halogens is 1. The molecule has 0 radical (unpaired) electrons. The number of amides is 2. The first-order chi connectivity index (χ1) is 12.6.